The number of hydrogen-bond acceptors (Lipinski definition) is 3. The summed E-state index contributed by atoms with van der Waals surface area (Å²) in [7, 11) is 0. The van der Waals surface area contributed by atoms with Crippen LogP contribution in [0, 0.1) is 6.92 Å². The molecule has 0 atom stereocenters. The molecule has 2 aromatic carbocycles. The molecule has 100 valence electrons. The van der Waals surface area contributed by atoms with Crippen molar-refractivity contribution in [1.29, 1.82) is 0 Å². The number of thioether (sulfide) groups is 1. The van der Waals surface area contributed by atoms with Crippen LogP contribution in [0.2, 0.25) is 0 Å². The van der Waals surface area contributed by atoms with E-state index in [0.717, 1.165) is 17.0 Å². The fourth-order valence-corrected chi connectivity index (χ4v) is 3.16. The van der Waals surface area contributed by atoms with E-state index in [1.165, 1.54) is 21.4 Å². The number of nitrogens with two attached hydrogens (primary N) is 1. The number of benzene rings is 2. The minimum absolute atomic E-state index is 0.820. The highest BCUT2D eigenvalue weighted by Crippen LogP contribution is 2.28. The number of nitrogens with zero attached hydrogens (tertiary/aromatic N) is 1. The fraction of sp³-hybridized carbons (Fsp3) is 0.118. The first-order valence-electron chi connectivity index (χ1n) is 6.55. The van der Waals surface area contributed by atoms with Gasteiger partial charge in [0.05, 0.1) is 5.52 Å². The number of pyridine rings is 1. The maximum absolute atomic E-state index is 5.85. The molecule has 20 heavy (non-hydrogen) atoms. The Bertz CT molecular complexity index is 753. The van der Waals surface area contributed by atoms with Gasteiger partial charge < -0.3 is 5.73 Å². The summed E-state index contributed by atoms with van der Waals surface area (Å²) in [6.07, 6.45) is 1.83. The van der Waals surface area contributed by atoms with E-state index in [2.05, 4.69) is 42.2 Å². The quantitative estimate of drug-likeness (QED) is 0.570. The van der Waals surface area contributed by atoms with Crippen LogP contribution in [0.1, 0.15) is 11.1 Å². The molecule has 0 aliphatic rings. The second-order valence-electron chi connectivity index (χ2n) is 4.84. The Balaban J connectivity index is 1.81. The first-order valence-corrected chi connectivity index (χ1v) is 7.53. The molecule has 0 unspecified atom stereocenters. The number of nitrogen functional groups attached to an aromatic ring is 1. The van der Waals surface area contributed by atoms with E-state index in [-0.39, 0.29) is 0 Å². The molecule has 0 fully saturated rings. The molecule has 1 heterocycles. The van der Waals surface area contributed by atoms with Gasteiger partial charge in [-0.1, -0.05) is 18.2 Å². The maximum atomic E-state index is 5.85. The summed E-state index contributed by atoms with van der Waals surface area (Å²) in [4.78, 5) is 5.59. The van der Waals surface area contributed by atoms with E-state index < -0.39 is 0 Å². The van der Waals surface area contributed by atoms with Crippen LogP contribution in [-0.4, -0.2) is 4.98 Å². The standard InChI is InChI=1S/C17H16N2S/c1-12-4-6-15(18)10-17(12)20-11-13-5-7-16-14(9-13)3-2-8-19-16/h2-10H,11,18H2,1H3. The molecule has 1 aromatic heterocycles. The van der Waals surface area contributed by atoms with Crippen molar-refractivity contribution in [3.63, 3.8) is 0 Å². The Kier molecular flexibility index (Phi) is 3.61. The van der Waals surface area contributed by atoms with Gasteiger partial charge in [0, 0.05) is 27.9 Å². The van der Waals surface area contributed by atoms with Crippen LogP contribution >= 0.6 is 11.8 Å². The lowest BCUT2D eigenvalue weighted by Crippen LogP contribution is -1.88. The zero-order valence-corrected chi connectivity index (χ0v) is 12.2. The molecule has 3 aromatic rings. The SMILES string of the molecule is Cc1ccc(N)cc1SCc1ccc2ncccc2c1. The smallest absolute Gasteiger partial charge is 0.0702 e. The largest absolute Gasteiger partial charge is 0.399 e. The Morgan fingerprint density at radius 2 is 2.00 bits per heavy atom. The van der Waals surface area contributed by atoms with Crippen LogP contribution < -0.4 is 5.73 Å². The van der Waals surface area contributed by atoms with Crippen LogP contribution in [-0.2, 0) is 5.75 Å². The van der Waals surface area contributed by atoms with Crippen LogP contribution in [0.5, 0.6) is 0 Å². The number of hydrogen-bond donors (Lipinski definition) is 1. The molecule has 0 spiro atoms. The minimum Gasteiger partial charge on any atom is -0.399 e. The Hall–Kier alpha value is -2.00. The highest BCUT2D eigenvalue weighted by molar-refractivity contribution is 7.98. The van der Waals surface area contributed by atoms with Gasteiger partial charge in [0.1, 0.15) is 0 Å². The molecule has 3 heteroatoms. The first kappa shape index (κ1) is 13.0. The molecular formula is C17H16N2S. The van der Waals surface area contributed by atoms with Gasteiger partial charge in [-0.15, -0.1) is 11.8 Å². The van der Waals surface area contributed by atoms with Crippen LogP contribution in [0.25, 0.3) is 10.9 Å². The molecule has 0 bridgehead atoms. The van der Waals surface area contributed by atoms with Crippen LogP contribution in [0.4, 0.5) is 5.69 Å². The molecular weight excluding hydrogens is 264 g/mol. The summed E-state index contributed by atoms with van der Waals surface area (Å²) in [5, 5.41) is 1.19. The lowest BCUT2D eigenvalue weighted by Gasteiger charge is -2.07. The molecule has 2 nitrogen and oxygen atoms in total. The van der Waals surface area contributed by atoms with Crippen molar-refractivity contribution in [3.05, 3.63) is 65.9 Å². The first-order chi connectivity index (χ1) is 9.72. The molecule has 0 saturated carbocycles. The van der Waals surface area contributed by atoms with E-state index in [4.69, 9.17) is 5.73 Å². The summed E-state index contributed by atoms with van der Waals surface area (Å²) in [6, 6.07) is 16.6. The van der Waals surface area contributed by atoms with Crippen molar-refractivity contribution in [2.24, 2.45) is 0 Å². The van der Waals surface area contributed by atoms with Gasteiger partial charge in [0.2, 0.25) is 0 Å². The predicted molar refractivity (Wildman–Crippen MR) is 86.9 cm³/mol. The molecule has 0 aliphatic heterocycles. The third kappa shape index (κ3) is 2.78. The summed E-state index contributed by atoms with van der Waals surface area (Å²) in [5.74, 6) is 0.940. The van der Waals surface area contributed by atoms with Gasteiger partial charge >= 0.3 is 0 Å². The van der Waals surface area contributed by atoms with Gasteiger partial charge in [0.25, 0.3) is 0 Å². The van der Waals surface area contributed by atoms with E-state index in [1.807, 2.05) is 36.2 Å². The highest BCUT2D eigenvalue weighted by atomic mass is 32.2. The summed E-state index contributed by atoms with van der Waals surface area (Å²) < 4.78 is 0. The van der Waals surface area contributed by atoms with E-state index in [9.17, 15) is 0 Å². The summed E-state index contributed by atoms with van der Waals surface area (Å²) >= 11 is 1.82. The number of aromatic nitrogens is 1. The minimum atomic E-state index is 0.820. The van der Waals surface area contributed by atoms with Gasteiger partial charge in [-0.2, -0.15) is 0 Å². The third-order valence-electron chi connectivity index (χ3n) is 3.27. The second-order valence-corrected chi connectivity index (χ2v) is 5.86. The summed E-state index contributed by atoms with van der Waals surface area (Å²) in [5.41, 5.74) is 10.3. The van der Waals surface area contributed by atoms with E-state index in [1.54, 1.807) is 0 Å². The normalized spacial score (nSPS) is 10.8. The highest BCUT2D eigenvalue weighted by Gasteiger charge is 2.02. The average Bonchev–Trinajstić information content (AvgIpc) is 2.48. The van der Waals surface area contributed by atoms with Gasteiger partial charge in [0.15, 0.2) is 0 Å². The van der Waals surface area contributed by atoms with Crippen molar-refractivity contribution in [2.75, 3.05) is 5.73 Å². The fourth-order valence-electron chi connectivity index (χ4n) is 2.15. The molecule has 0 aliphatic carbocycles. The van der Waals surface area contributed by atoms with Crippen molar-refractivity contribution >= 4 is 28.4 Å². The monoisotopic (exact) mass is 280 g/mol. The van der Waals surface area contributed by atoms with Gasteiger partial charge in [-0.05, 0) is 48.4 Å². The Morgan fingerprint density at radius 1 is 1.10 bits per heavy atom. The Morgan fingerprint density at radius 3 is 2.90 bits per heavy atom. The Labute approximate surface area is 123 Å². The lowest BCUT2D eigenvalue weighted by molar-refractivity contribution is 1.29. The molecule has 0 saturated heterocycles. The lowest BCUT2D eigenvalue weighted by atomic mass is 10.1. The zero-order chi connectivity index (χ0) is 13.9. The van der Waals surface area contributed by atoms with E-state index >= 15 is 0 Å². The number of rotatable bonds is 3. The van der Waals surface area contributed by atoms with Crippen molar-refractivity contribution in [2.45, 2.75) is 17.6 Å². The molecule has 0 radical (unpaired) electrons. The number of fused-ring (bicyclic) bond motifs is 1. The molecule has 0 amide bonds. The van der Waals surface area contributed by atoms with E-state index in [0.29, 0.717) is 0 Å². The zero-order valence-electron chi connectivity index (χ0n) is 11.3. The van der Waals surface area contributed by atoms with Crippen molar-refractivity contribution in [3.8, 4) is 0 Å². The van der Waals surface area contributed by atoms with Crippen molar-refractivity contribution in [1.82, 2.24) is 4.98 Å². The average molecular weight is 280 g/mol. The maximum Gasteiger partial charge on any atom is 0.0702 e. The third-order valence-corrected chi connectivity index (χ3v) is 4.50. The van der Waals surface area contributed by atoms with Gasteiger partial charge in [-0.3, -0.25) is 4.98 Å². The van der Waals surface area contributed by atoms with Crippen molar-refractivity contribution < 1.29 is 0 Å². The summed E-state index contributed by atoms with van der Waals surface area (Å²) in [6.45, 7) is 2.12. The van der Waals surface area contributed by atoms with Gasteiger partial charge in [-0.25, -0.2) is 0 Å². The van der Waals surface area contributed by atoms with Crippen LogP contribution in [0.3, 0.4) is 0 Å². The topological polar surface area (TPSA) is 38.9 Å². The number of aryl methyl sites for hydroxylation is 1. The predicted octanol–water partition coefficient (Wildman–Crippen LogP) is 4.42. The molecule has 2 N–H and O–H groups in total. The molecule has 3 rings (SSSR count). The number of anilines is 1. The van der Waals surface area contributed by atoms with Crippen LogP contribution in [0.15, 0.2) is 59.6 Å². The second kappa shape index (κ2) is 5.55.